The van der Waals surface area contributed by atoms with Crippen molar-refractivity contribution in [1.82, 2.24) is 0 Å². The fourth-order valence-electron chi connectivity index (χ4n) is 3.45. The highest BCUT2D eigenvalue weighted by Crippen LogP contribution is 2.34. The molecule has 9 nitrogen and oxygen atoms in total. The van der Waals surface area contributed by atoms with Crippen molar-refractivity contribution in [3.05, 3.63) is 58.8 Å². The summed E-state index contributed by atoms with van der Waals surface area (Å²) in [5.74, 6) is 0.444. The fraction of sp³-hybridized carbons (Fsp3) is 0.318. The fourth-order valence-corrected chi connectivity index (χ4v) is 3.45. The van der Waals surface area contributed by atoms with Gasteiger partial charge in [0.05, 0.1) is 19.1 Å². The van der Waals surface area contributed by atoms with Crippen molar-refractivity contribution >= 4 is 11.0 Å². The lowest BCUT2D eigenvalue weighted by atomic mass is 9.99. The van der Waals surface area contributed by atoms with E-state index < -0.39 is 42.7 Å². The van der Waals surface area contributed by atoms with E-state index in [4.69, 9.17) is 18.6 Å². The van der Waals surface area contributed by atoms with Crippen molar-refractivity contribution in [2.75, 3.05) is 13.7 Å². The Bertz CT molecular complexity index is 1110. The largest absolute Gasteiger partial charge is 0.497 e. The van der Waals surface area contributed by atoms with Crippen molar-refractivity contribution in [1.29, 1.82) is 0 Å². The number of para-hydroxylation sites is 1. The lowest BCUT2D eigenvalue weighted by Crippen LogP contribution is -2.60. The monoisotopic (exact) mass is 430 g/mol. The van der Waals surface area contributed by atoms with Crippen molar-refractivity contribution in [2.24, 2.45) is 0 Å². The van der Waals surface area contributed by atoms with E-state index in [2.05, 4.69) is 0 Å². The molecular formula is C22H22O9. The topological polar surface area (TPSA) is 139 Å². The van der Waals surface area contributed by atoms with Crippen LogP contribution in [0.2, 0.25) is 0 Å². The quantitative estimate of drug-likeness (QED) is 0.459. The third kappa shape index (κ3) is 3.89. The van der Waals surface area contributed by atoms with Crippen LogP contribution in [0.15, 0.2) is 57.7 Å². The molecule has 1 aromatic heterocycles. The molecular weight excluding hydrogens is 408 g/mol. The number of aliphatic hydroxyl groups is 4. The molecule has 0 amide bonds. The molecule has 1 aliphatic heterocycles. The van der Waals surface area contributed by atoms with Crippen LogP contribution in [0, 0.1) is 0 Å². The summed E-state index contributed by atoms with van der Waals surface area (Å²) in [6.45, 7) is -0.623. The van der Waals surface area contributed by atoms with E-state index in [-0.39, 0.29) is 16.9 Å². The van der Waals surface area contributed by atoms with Gasteiger partial charge in [0.15, 0.2) is 5.76 Å². The Kier molecular flexibility index (Phi) is 5.94. The third-order valence-corrected chi connectivity index (χ3v) is 5.19. The van der Waals surface area contributed by atoms with Crippen LogP contribution in [-0.2, 0) is 4.74 Å². The molecule has 1 fully saturated rings. The molecule has 4 N–H and O–H groups in total. The zero-order valence-electron chi connectivity index (χ0n) is 16.5. The molecule has 0 aliphatic carbocycles. The molecule has 9 heteroatoms. The van der Waals surface area contributed by atoms with Gasteiger partial charge >= 0.3 is 0 Å². The van der Waals surface area contributed by atoms with Crippen molar-refractivity contribution in [2.45, 2.75) is 30.7 Å². The molecule has 0 saturated carbocycles. The number of hydrogen-bond donors (Lipinski definition) is 4. The Labute approximate surface area is 176 Å². The van der Waals surface area contributed by atoms with E-state index in [1.54, 1.807) is 48.5 Å². The molecule has 0 bridgehead atoms. The standard InChI is InChI=1S/C22H22O9/c1-28-12-8-6-11(7-9-12)20-21(16(24)13-4-2-3-5-14(13)29-20)31-22-19(27)18(26)17(25)15(10-23)30-22/h2-9,15,17-19,22-23,25-27H,10H2,1H3/t15-,17-,18+,19-,22+/m1/s1. The highest BCUT2D eigenvalue weighted by atomic mass is 16.7. The number of rotatable bonds is 5. The summed E-state index contributed by atoms with van der Waals surface area (Å²) >= 11 is 0. The van der Waals surface area contributed by atoms with Crippen molar-refractivity contribution in [3.8, 4) is 22.8 Å². The highest BCUT2D eigenvalue weighted by molar-refractivity contribution is 5.82. The van der Waals surface area contributed by atoms with E-state index in [1.807, 2.05) is 0 Å². The lowest BCUT2D eigenvalue weighted by molar-refractivity contribution is -0.277. The second kappa shape index (κ2) is 8.66. The summed E-state index contributed by atoms with van der Waals surface area (Å²) in [6.07, 6.45) is -7.58. The summed E-state index contributed by atoms with van der Waals surface area (Å²) < 4.78 is 22.2. The molecule has 31 heavy (non-hydrogen) atoms. The molecule has 3 aromatic rings. The highest BCUT2D eigenvalue weighted by Gasteiger charge is 2.45. The van der Waals surface area contributed by atoms with E-state index in [0.29, 0.717) is 16.9 Å². The maximum absolute atomic E-state index is 13.2. The van der Waals surface area contributed by atoms with Gasteiger partial charge in [-0.25, -0.2) is 0 Å². The first-order valence-electron chi connectivity index (χ1n) is 9.62. The molecule has 5 atom stereocenters. The van der Waals surface area contributed by atoms with E-state index in [9.17, 15) is 25.2 Å². The summed E-state index contributed by atoms with van der Waals surface area (Å²) in [6, 6.07) is 13.3. The Morgan fingerprint density at radius 3 is 2.35 bits per heavy atom. The van der Waals surface area contributed by atoms with Crippen LogP contribution >= 0.6 is 0 Å². The van der Waals surface area contributed by atoms with Crippen LogP contribution in [0.3, 0.4) is 0 Å². The van der Waals surface area contributed by atoms with Crippen molar-refractivity contribution < 1.29 is 39.1 Å². The number of methoxy groups -OCH3 is 1. The van der Waals surface area contributed by atoms with Gasteiger partial charge in [-0.15, -0.1) is 0 Å². The van der Waals surface area contributed by atoms with Crippen LogP contribution in [-0.4, -0.2) is 64.8 Å². The maximum atomic E-state index is 13.2. The van der Waals surface area contributed by atoms with Crippen LogP contribution in [0.25, 0.3) is 22.3 Å². The normalized spacial score (nSPS) is 26.0. The Morgan fingerprint density at radius 2 is 1.68 bits per heavy atom. The zero-order chi connectivity index (χ0) is 22.1. The van der Waals surface area contributed by atoms with Crippen LogP contribution in [0.1, 0.15) is 0 Å². The molecule has 2 heterocycles. The number of hydrogen-bond acceptors (Lipinski definition) is 9. The molecule has 4 rings (SSSR count). The predicted molar refractivity (Wildman–Crippen MR) is 109 cm³/mol. The third-order valence-electron chi connectivity index (χ3n) is 5.19. The van der Waals surface area contributed by atoms with E-state index in [1.165, 1.54) is 7.11 Å². The minimum atomic E-state index is -1.67. The van der Waals surface area contributed by atoms with Gasteiger partial charge in [-0.2, -0.15) is 0 Å². The van der Waals surface area contributed by atoms with E-state index >= 15 is 0 Å². The first-order valence-corrected chi connectivity index (χ1v) is 9.62. The SMILES string of the molecule is COc1ccc(-c2oc3ccccc3c(=O)c2O[C@@H]2O[C@H](CO)[C@@H](O)[C@H](O)[C@H]2O)cc1. The Hall–Kier alpha value is -2.95. The first-order chi connectivity index (χ1) is 14.9. The van der Waals surface area contributed by atoms with Gasteiger partial charge in [-0.3, -0.25) is 4.79 Å². The summed E-state index contributed by atoms with van der Waals surface area (Å²) in [7, 11) is 1.53. The second-order valence-corrected chi connectivity index (χ2v) is 7.13. The minimum absolute atomic E-state index is 0.0864. The molecule has 1 saturated heterocycles. The van der Waals surface area contributed by atoms with Gasteiger partial charge in [-0.05, 0) is 36.4 Å². The molecule has 0 radical (unpaired) electrons. The average Bonchev–Trinajstić information content (AvgIpc) is 2.81. The molecule has 1 aliphatic rings. The molecule has 164 valence electrons. The maximum Gasteiger partial charge on any atom is 0.235 e. The molecule has 0 spiro atoms. The smallest absolute Gasteiger partial charge is 0.235 e. The van der Waals surface area contributed by atoms with Gasteiger partial charge < -0.3 is 39.1 Å². The minimum Gasteiger partial charge on any atom is -0.497 e. The lowest BCUT2D eigenvalue weighted by Gasteiger charge is -2.39. The summed E-state index contributed by atoms with van der Waals surface area (Å²) in [5, 5.41) is 40.0. The van der Waals surface area contributed by atoms with Crippen LogP contribution in [0.5, 0.6) is 11.5 Å². The molecule has 0 unspecified atom stereocenters. The van der Waals surface area contributed by atoms with Gasteiger partial charge in [0.1, 0.15) is 35.7 Å². The Morgan fingerprint density at radius 1 is 0.968 bits per heavy atom. The Balaban J connectivity index is 1.82. The first kappa shape index (κ1) is 21.3. The van der Waals surface area contributed by atoms with Gasteiger partial charge in [0, 0.05) is 5.56 Å². The second-order valence-electron chi connectivity index (χ2n) is 7.13. The molecule has 2 aromatic carbocycles. The average molecular weight is 430 g/mol. The number of benzene rings is 2. The summed E-state index contributed by atoms with van der Waals surface area (Å²) in [4.78, 5) is 13.2. The van der Waals surface area contributed by atoms with E-state index in [0.717, 1.165) is 0 Å². The number of fused-ring (bicyclic) bond motifs is 1. The van der Waals surface area contributed by atoms with Gasteiger partial charge in [0.2, 0.25) is 17.5 Å². The van der Waals surface area contributed by atoms with Crippen LogP contribution < -0.4 is 14.9 Å². The van der Waals surface area contributed by atoms with Crippen molar-refractivity contribution in [3.63, 3.8) is 0 Å². The predicted octanol–water partition coefficient (Wildman–Crippen LogP) is 0.647. The number of ether oxygens (including phenoxy) is 3. The van der Waals surface area contributed by atoms with Gasteiger partial charge in [0.25, 0.3) is 0 Å². The zero-order valence-corrected chi connectivity index (χ0v) is 16.5. The van der Waals surface area contributed by atoms with Crippen LogP contribution in [0.4, 0.5) is 0 Å². The summed E-state index contributed by atoms with van der Waals surface area (Å²) in [5.41, 5.74) is 0.326. The number of aliphatic hydroxyl groups excluding tert-OH is 4. The van der Waals surface area contributed by atoms with Gasteiger partial charge in [-0.1, -0.05) is 12.1 Å².